The standard InChI is InChI=1S/C17H34N4O.HI/c1-5-18-16(19-11-7-6-10-17(2,3)4)20-14-15(22)21-12-8-9-13-21;/h5-14H2,1-4H3,(H2,18,19,20);1H. The Labute approximate surface area is 159 Å². The Bertz CT molecular complexity index is 360. The number of amides is 1. The van der Waals surface area contributed by atoms with Crippen LogP contribution in [0.5, 0.6) is 0 Å². The lowest BCUT2D eigenvalue weighted by Crippen LogP contribution is -2.39. The van der Waals surface area contributed by atoms with E-state index in [2.05, 4.69) is 36.4 Å². The van der Waals surface area contributed by atoms with Crippen LogP contribution in [0.4, 0.5) is 0 Å². The van der Waals surface area contributed by atoms with Crippen LogP contribution in [0.3, 0.4) is 0 Å². The number of unbranched alkanes of at least 4 members (excludes halogenated alkanes) is 1. The van der Waals surface area contributed by atoms with Crippen molar-refractivity contribution in [3.8, 4) is 0 Å². The van der Waals surface area contributed by atoms with E-state index < -0.39 is 0 Å². The summed E-state index contributed by atoms with van der Waals surface area (Å²) in [5.74, 6) is 0.897. The molecule has 0 aromatic heterocycles. The van der Waals surface area contributed by atoms with Gasteiger partial charge >= 0.3 is 0 Å². The van der Waals surface area contributed by atoms with Crippen LogP contribution in [0.2, 0.25) is 0 Å². The zero-order valence-electron chi connectivity index (χ0n) is 15.3. The second-order valence-electron chi connectivity index (χ2n) is 7.23. The number of hydrogen-bond acceptors (Lipinski definition) is 2. The summed E-state index contributed by atoms with van der Waals surface area (Å²) < 4.78 is 0. The molecule has 0 unspecified atom stereocenters. The number of carbonyl (C=O) groups excluding carboxylic acids is 1. The van der Waals surface area contributed by atoms with Crippen LogP contribution in [0.1, 0.15) is 59.8 Å². The van der Waals surface area contributed by atoms with Crippen molar-refractivity contribution >= 4 is 35.8 Å². The van der Waals surface area contributed by atoms with Crippen LogP contribution in [0.25, 0.3) is 0 Å². The van der Waals surface area contributed by atoms with Gasteiger partial charge in [0.15, 0.2) is 5.96 Å². The van der Waals surface area contributed by atoms with E-state index in [-0.39, 0.29) is 36.4 Å². The fourth-order valence-corrected chi connectivity index (χ4v) is 2.54. The monoisotopic (exact) mass is 438 g/mol. The molecule has 1 heterocycles. The molecule has 0 aliphatic carbocycles. The molecule has 1 amide bonds. The van der Waals surface area contributed by atoms with E-state index in [4.69, 9.17) is 0 Å². The van der Waals surface area contributed by atoms with E-state index in [1.807, 2.05) is 11.8 Å². The molecule has 1 fully saturated rings. The second-order valence-corrected chi connectivity index (χ2v) is 7.23. The van der Waals surface area contributed by atoms with Crippen LogP contribution < -0.4 is 10.6 Å². The van der Waals surface area contributed by atoms with Crippen molar-refractivity contribution in [3.63, 3.8) is 0 Å². The van der Waals surface area contributed by atoms with Gasteiger partial charge in [0, 0.05) is 26.2 Å². The van der Waals surface area contributed by atoms with Crippen molar-refractivity contribution in [1.82, 2.24) is 15.5 Å². The van der Waals surface area contributed by atoms with Crippen molar-refractivity contribution in [1.29, 1.82) is 0 Å². The largest absolute Gasteiger partial charge is 0.357 e. The zero-order valence-corrected chi connectivity index (χ0v) is 17.6. The number of carbonyl (C=O) groups is 1. The quantitative estimate of drug-likeness (QED) is 0.278. The number of halogens is 1. The third-order valence-electron chi connectivity index (χ3n) is 3.82. The predicted molar refractivity (Wildman–Crippen MR) is 109 cm³/mol. The highest BCUT2D eigenvalue weighted by atomic mass is 127. The van der Waals surface area contributed by atoms with Gasteiger partial charge in [-0.25, -0.2) is 4.99 Å². The average molecular weight is 438 g/mol. The number of nitrogens with zero attached hydrogens (tertiary/aromatic N) is 2. The maximum atomic E-state index is 12.0. The maximum Gasteiger partial charge on any atom is 0.244 e. The van der Waals surface area contributed by atoms with Gasteiger partial charge in [-0.1, -0.05) is 27.2 Å². The first-order valence-corrected chi connectivity index (χ1v) is 8.72. The molecule has 1 aliphatic rings. The van der Waals surface area contributed by atoms with Gasteiger partial charge in [-0.2, -0.15) is 0 Å². The highest BCUT2D eigenvalue weighted by Crippen LogP contribution is 2.21. The minimum atomic E-state index is 0. The van der Waals surface area contributed by atoms with E-state index in [0.29, 0.717) is 5.41 Å². The first-order chi connectivity index (χ1) is 10.4. The lowest BCUT2D eigenvalue weighted by atomic mass is 9.90. The lowest BCUT2D eigenvalue weighted by molar-refractivity contribution is -0.128. The average Bonchev–Trinajstić information content (AvgIpc) is 2.96. The molecule has 5 nitrogen and oxygen atoms in total. The lowest BCUT2D eigenvalue weighted by Gasteiger charge is -2.18. The molecule has 0 bridgehead atoms. The van der Waals surface area contributed by atoms with E-state index >= 15 is 0 Å². The molecular formula is C17H35IN4O. The fraction of sp³-hybridized carbons (Fsp3) is 0.882. The van der Waals surface area contributed by atoms with Crippen molar-refractivity contribution in [2.75, 3.05) is 32.7 Å². The van der Waals surface area contributed by atoms with Crippen LogP contribution in [-0.2, 0) is 4.79 Å². The van der Waals surface area contributed by atoms with E-state index in [9.17, 15) is 4.79 Å². The van der Waals surface area contributed by atoms with Crippen LogP contribution in [-0.4, -0.2) is 49.5 Å². The highest BCUT2D eigenvalue weighted by molar-refractivity contribution is 14.0. The molecule has 0 atom stereocenters. The molecule has 1 aliphatic heterocycles. The maximum absolute atomic E-state index is 12.0. The number of rotatable bonds is 7. The van der Waals surface area contributed by atoms with Gasteiger partial charge in [-0.15, -0.1) is 24.0 Å². The predicted octanol–water partition coefficient (Wildman–Crippen LogP) is 3.00. The molecule has 6 heteroatoms. The minimum Gasteiger partial charge on any atom is -0.357 e. The van der Waals surface area contributed by atoms with Crippen molar-refractivity contribution in [3.05, 3.63) is 0 Å². The summed E-state index contributed by atoms with van der Waals surface area (Å²) in [7, 11) is 0. The number of hydrogen-bond donors (Lipinski definition) is 2. The minimum absolute atomic E-state index is 0. The molecule has 2 N–H and O–H groups in total. The van der Waals surface area contributed by atoms with E-state index in [1.165, 1.54) is 12.8 Å². The molecule has 136 valence electrons. The summed E-state index contributed by atoms with van der Waals surface area (Å²) in [6, 6.07) is 0. The van der Waals surface area contributed by atoms with Gasteiger partial charge in [0.05, 0.1) is 0 Å². The highest BCUT2D eigenvalue weighted by Gasteiger charge is 2.17. The Morgan fingerprint density at radius 3 is 2.35 bits per heavy atom. The van der Waals surface area contributed by atoms with Gasteiger partial charge in [-0.3, -0.25) is 4.79 Å². The third-order valence-corrected chi connectivity index (χ3v) is 3.82. The summed E-state index contributed by atoms with van der Waals surface area (Å²) in [6.07, 6.45) is 5.82. The Morgan fingerprint density at radius 2 is 1.78 bits per heavy atom. The van der Waals surface area contributed by atoms with Gasteiger partial charge in [0.2, 0.25) is 5.91 Å². The van der Waals surface area contributed by atoms with Crippen LogP contribution in [0, 0.1) is 5.41 Å². The Morgan fingerprint density at radius 1 is 1.13 bits per heavy atom. The molecule has 0 aromatic carbocycles. The molecule has 1 rings (SSSR count). The number of likely N-dealkylation sites (tertiary alicyclic amines) is 1. The summed E-state index contributed by atoms with van der Waals surface area (Å²) >= 11 is 0. The molecule has 0 aromatic rings. The van der Waals surface area contributed by atoms with Gasteiger partial charge in [-0.05, 0) is 38.0 Å². The smallest absolute Gasteiger partial charge is 0.244 e. The Kier molecular flexibility index (Phi) is 11.6. The Hall–Kier alpha value is -0.530. The molecule has 0 spiro atoms. The molecule has 23 heavy (non-hydrogen) atoms. The Balaban J connectivity index is 0.00000484. The summed E-state index contributed by atoms with van der Waals surface area (Å²) in [6.45, 7) is 12.6. The third kappa shape index (κ3) is 10.8. The van der Waals surface area contributed by atoms with E-state index in [1.54, 1.807) is 0 Å². The molecular weight excluding hydrogens is 403 g/mol. The SMILES string of the molecule is CCNC(=NCC(=O)N1CCCC1)NCCCCC(C)(C)C.I. The van der Waals surface area contributed by atoms with Crippen molar-refractivity contribution in [2.24, 2.45) is 10.4 Å². The normalized spacial score (nSPS) is 15.3. The summed E-state index contributed by atoms with van der Waals surface area (Å²) in [4.78, 5) is 18.3. The number of guanidine groups is 1. The van der Waals surface area contributed by atoms with Crippen molar-refractivity contribution in [2.45, 2.75) is 59.8 Å². The summed E-state index contributed by atoms with van der Waals surface area (Å²) in [5.41, 5.74) is 0.404. The van der Waals surface area contributed by atoms with Gasteiger partial charge < -0.3 is 15.5 Å². The molecule has 0 radical (unpaired) electrons. The fourth-order valence-electron chi connectivity index (χ4n) is 2.54. The van der Waals surface area contributed by atoms with Crippen LogP contribution in [0.15, 0.2) is 4.99 Å². The number of aliphatic imine (C=N–C) groups is 1. The first-order valence-electron chi connectivity index (χ1n) is 8.72. The molecule has 0 saturated carbocycles. The van der Waals surface area contributed by atoms with Crippen LogP contribution >= 0.6 is 24.0 Å². The molecule has 1 saturated heterocycles. The van der Waals surface area contributed by atoms with Crippen molar-refractivity contribution < 1.29 is 4.79 Å². The van der Waals surface area contributed by atoms with E-state index in [0.717, 1.165) is 51.4 Å². The second kappa shape index (κ2) is 11.9. The first kappa shape index (κ1) is 22.5. The zero-order chi connectivity index (χ0) is 16.4. The summed E-state index contributed by atoms with van der Waals surface area (Å²) in [5, 5.41) is 6.52. The topological polar surface area (TPSA) is 56.7 Å². The number of nitrogens with one attached hydrogen (secondary N) is 2. The van der Waals surface area contributed by atoms with Gasteiger partial charge in [0.1, 0.15) is 6.54 Å². The van der Waals surface area contributed by atoms with Gasteiger partial charge in [0.25, 0.3) is 0 Å².